The predicted molar refractivity (Wildman–Crippen MR) is 108 cm³/mol. The van der Waals surface area contributed by atoms with Gasteiger partial charge in [-0.1, -0.05) is 11.2 Å². The molecule has 1 aromatic rings. The first-order valence-corrected chi connectivity index (χ1v) is 10.4. The minimum absolute atomic E-state index is 0.0113. The van der Waals surface area contributed by atoms with E-state index in [1.54, 1.807) is 14.2 Å². The highest BCUT2D eigenvalue weighted by atomic mass is 16.6. The molecule has 1 saturated heterocycles. The van der Waals surface area contributed by atoms with Crippen molar-refractivity contribution in [2.45, 2.75) is 12.5 Å². The molecule has 5 rings (SSSR count). The van der Waals surface area contributed by atoms with Crippen LogP contribution in [-0.4, -0.2) is 74.8 Å². The van der Waals surface area contributed by atoms with Gasteiger partial charge in [-0.05, 0) is 38.6 Å². The van der Waals surface area contributed by atoms with Crippen molar-refractivity contribution >= 4 is 17.5 Å². The van der Waals surface area contributed by atoms with Crippen molar-refractivity contribution < 1.29 is 23.9 Å². The summed E-state index contributed by atoms with van der Waals surface area (Å²) in [5, 5.41) is 4.41. The van der Waals surface area contributed by atoms with E-state index in [9.17, 15) is 9.59 Å². The lowest BCUT2D eigenvalue weighted by Gasteiger charge is -2.30. The van der Waals surface area contributed by atoms with E-state index < -0.39 is 0 Å². The number of fused-ring (bicyclic) bond motifs is 8. The topological polar surface area (TPSA) is 80.7 Å². The van der Waals surface area contributed by atoms with Gasteiger partial charge in [0.1, 0.15) is 6.10 Å². The van der Waals surface area contributed by atoms with Gasteiger partial charge >= 0.3 is 0 Å². The van der Waals surface area contributed by atoms with E-state index in [4.69, 9.17) is 14.3 Å². The van der Waals surface area contributed by atoms with Crippen molar-refractivity contribution in [3.63, 3.8) is 0 Å². The summed E-state index contributed by atoms with van der Waals surface area (Å²) in [5.41, 5.74) is 1.63. The standard InChI is InChI=1S/C22H27N3O5/c1-24(2)8-9-25-21(26)15-12-10-13(16(15)22(25)27)20-17(12)18(23-30-20)11-6-5-7-14(28-3)19(11)29-4/h5-7,12-13,15-17,20H,8-10H2,1-4H3/t12-,13+,15+,16-,17+,20+/m0/s1. The van der Waals surface area contributed by atoms with Crippen molar-refractivity contribution in [2.24, 2.45) is 34.7 Å². The van der Waals surface area contributed by atoms with Crippen LogP contribution in [0.5, 0.6) is 11.5 Å². The molecule has 0 radical (unpaired) electrons. The molecule has 2 heterocycles. The molecule has 3 fully saturated rings. The van der Waals surface area contributed by atoms with Crippen LogP contribution in [0.4, 0.5) is 0 Å². The molecule has 8 nitrogen and oxygen atoms in total. The van der Waals surface area contributed by atoms with Gasteiger partial charge in [-0.15, -0.1) is 0 Å². The number of carbonyl (C=O) groups excluding carboxylic acids is 2. The smallest absolute Gasteiger partial charge is 0.233 e. The summed E-state index contributed by atoms with van der Waals surface area (Å²) in [7, 11) is 7.09. The second-order valence-corrected chi connectivity index (χ2v) is 8.86. The maximum Gasteiger partial charge on any atom is 0.233 e. The first-order chi connectivity index (χ1) is 14.5. The molecule has 0 N–H and O–H groups in total. The molecule has 2 saturated carbocycles. The molecule has 2 amide bonds. The average molecular weight is 413 g/mol. The first-order valence-electron chi connectivity index (χ1n) is 10.4. The van der Waals surface area contributed by atoms with Crippen molar-refractivity contribution in [3.8, 4) is 11.5 Å². The lowest BCUT2D eigenvalue weighted by Crippen LogP contribution is -2.41. The molecule has 2 aliphatic carbocycles. The Kier molecular flexibility index (Phi) is 4.50. The van der Waals surface area contributed by atoms with Crippen LogP contribution in [0, 0.1) is 29.6 Å². The number of hydrogen-bond acceptors (Lipinski definition) is 7. The second kappa shape index (κ2) is 6.97. The normalized spacial score (nSPS) is 33.6. The van der Waals surface area contributed by atoms with E-state index in [1.807, 2.05) is 37.2 Å². The first kappa shape index (κ1) is 19.4. The van der Waals surface area contributed by atoms with Crippen molar-refractivity contribution in [1.29, 1.82) is 0 Å². The number of benzene rings is 1. The number of ether oxygens (including phenoxy) is 2. The molecule has 2 bridgehead atoms. The molecule has 0 unspecified atom stereocenters. The third kappa shape index (κ3) is 2.52. The van der Waals surface area contributed by atoms with Crippen LogP contribution in [0.1, 0.15) is 12.0 Å². The van der Waals surface area contributed by atoms with Crippen LogP contribution in [0.3, 0.4) is 0 Å². The Morgan fingerprint density at radius 3 is 2.50 bits per heavy atom. The van der Waals surface area contributed by atoms with E-state index in [0.29, 0.717) is 24.6 Å². The molecule has 2 aliphatic heterocycles. The highest BCUT2D eigenvalue weighted by molar-refractivity contribution is 6.10. The highest BCUT2D eigenvalue weighted by Crippen LogP contribution is 2.62. The van der Waals surface area contributed by atoms with Crippen molar-refractivity contribution in [1.82, 2.24) is 9.80 Å². The number of imide groups is 1. The molecule has 8 heteroatoms. The van der Waals surface area contributed by atoms with Crippen molar-refractivity contribution in [3.05, 3.63) is 23.8 Å². The zero-order chi connectivity index (χ0) is 21.2. The number of methoxy groups -OCH3 is 2. The van der Waals surface area contributed by atoms with E-state index in [-0.39, 0.29) is 47.5 Å². The summed E-state index contributed by atoms with van der Waals surface area (Å²) in [6.45, 7) is 1.11. The number of oxime groups is 1. The van der Waals surface area contributed by atoms with Crippen LogP contribution in [0.2, 0.25) is 0 Å². The molecule has 30 heavy (non-hydrogen) atoms. The van der Waals surface area contributed by atoms with Crippen LogP contribution in [-0.2, 0) is 14.4 Å². The Labute approximate surface area is 175 Å². The van der Waals surface area contributed by atoms with E-state index in [0.717, 1.165) is 17.7 Å². The van der Waals surface area contributed by atoms with Gasteiger partial charge in [-0.2, -0.15) is 0 Å². The Balaban J connectivity index is 1.46. The Hall–Kier alpha value is -2.61. The Morgan fingerprint density at radius 2 is 1.83 bits per heavy atom. The highest BCUT2D eigenvalue weighted by Gasteiger charge is 2.70. The minimum atomic E-state index is -0.271. The maximum absolute atomic E-state index is 13.2. The number of para-hydroxylation sites is 1. The van der Waals surface area contributed by atoms with Crippen LogP contribution < -0.4 is 9.47 Å². The number of likely N-dealkylation sites (N-methyl/N-ethyl adjacent to an activating group) is 1. The molecule has 0 spiro atoms. The Bertz CT molecular complexity index is 929. The summed E-state index contributed by atoms with van der Waals surface area (Å²) in [6.07, 6.45) is 0.669. The lowest BCUT2D eigenvalue weighted by molar-refractivity contribution is -0.141. The minimum Gasteiger partial charge on any atom is -0.493 e. The average Bonchev–Trinajstić information content (AvgIpc) is 3.46. The maximum atomic E-state index is 13.2. The number of hydrogen-bond donors (Lipinski definition) is 0. The fourth-order valence-corrected chi connectivity index (χ4v) is 6.02. The van der Waals surface area contributed by atoms with E-state index in [1.165, 1.54) is 4.90 Å². The third-order valence-corrected chi connectivity index (χ3v) is 7.23. The summed E-state index contributed by atoms with van der Waals surface area (Å²) in [6, 6.07) is 5.69. The van der Waals surface area contributed by atoms with Gasteiger partial charge in [0.15, 0.2) is 11.5 Å². The van der Waals surface area contributed by atoms with Gasteiger partial charge in [0.05, 0.1) is 31.8 Å². The van der Waals surface area contributed by atoms with Crippen LogP contribution in [0.25, 0.3) is 0 Å². The van der Waals surface area contributed by atoms with E-state index >= 15 is 0 Å². The number of amides is 2. The molecule has 0 aromatic heterocycles. The quantitative estimate of drug-likeness (QED) is 0.653. The molecule has 160 valence electrons. The second-order valence-electron chi connectivity index (χ2n) is 8.86. The summed E-state index contributed by atoms with van der Waals surface area (Å²) >= 11 is 0. The monoisotopic (exact) mass is 413 g/mol. The van der Waals surface area contributed by atoms with E-state index in [2.05, 4.69) is 5.16 Å². The van der Waals surface area contributed by atoms with Crippen LogP contribution in [0.15, 0.2) is 23.4 Å². The fourth-order valence-electron chi connectivity index (χ4n) is 6.02. The van der Waals surface area contributed by atoms with Gasteiger partial charge in [0, 0.05) is 30.5 Å². The van der Waals surface area contributed by atoms with Gasteiger partial charge in [-0.25, -0.2) is 0 Å². The predicted octanol–water partition coefficient (Wildman–Crippen LogP) is 1.24. The SMILES string of the molecule is COc1cccc(C2=NO[C@@H]3[C@@H]4C[C@@H]([C@H]5C(=O)N(CCN(C)C)C(=O)[C@@H]45)[C@H]23)c1OC. The zero-order valence-corrected chi connectivity index (χ0v) is 17.7. The number of nitrogens with zero attached hydrogens (tertiary/aromatic N) is 3. The molecule has 1 aromatic carbocycles. The zero-order valence-electron chi connectivity index (χ0n) is 17.7. The summed E-state index contributed by atoms with van der Waals surface area (Å²) in [4.78, 5) is 35.6. The van der Waals surface area contributed by atoms with Gasteiger partial charge in [-0.3, -0.25) is 14.5 Å². The molecular formula is C22H27N3O5. The summed E-state index contributed by atoms with van der Waals surface area (Å²) in [5.74, 6) is 0.722. The van der Waals surface area contributed by atoms with Gasteiger partial charge in [0.2, 0.25) is 11.8 Å². The Morgan fingerprint density at radius 1 is 1.10 bits per heavy atom. The van der Waals surface area contributed by atoms with Gasteiger partial charge < -0.3 is 19.2 Å². The van der Waals surface area contributed by atoms with Crippen molar-refractivity contribution in [2.75, 3.05) is 41.4 Å². The fraction of sp³-hybridized carbons (Fsp3) is 0.591. The third-order valence-electron chi connectivity index (χ3n) is 7.23. The number of likely N-dealkylation sites (tertiary alicyclic amines) is 1. The number of rotatable bonds is 6. The molecule has 4 aliphatic rings. The molecular weight excluding hydrogens is 386 g/mol. The largest absolute Gasteiger partial charge is 0.493 e. The molecule has 6 atom stereocenters. The summed E-state index contributed by atoms with van der Waals surface area (Å²) < 4.78 is 11.0. The van der Waals surface area contributed by atoms with Gasteiger partial charge in [0.25, 0.3) is 0 Å². The van der Waals surface area contributed by atoms with Crippen LogP contribution >= 0.6 is 0 Å². The lowest BCUT2D eigenvalue weighted by atomic mass is 9.71. The number of carbonyl (C=O) groups is 2.